The number of hydrogen-bond donors (Lipinski definition) is 0. The number of ether oxygens (including phenoxy) is 3. The summed E-state index contributed by atoms with van der Waals surface area (Å²) in [6.07, 6.45) is -5.33. The zero-order valence-corrected chi connectivity index (χ0v) is 15.8. The molecule has 0 radical (unpaired) electrons. The summed E-state index contributed by atoms with van der Waals surface area (Å²) >= 11 is 0. The van der Waals surface area contributed by atoms with Gasteiger partial charge in [0.1, 0.15) is 0 Å². The SMILES string of the molecule is COc1cc([C@@H](CC(F)(F)F)c2ccc3ccccc3c2)cc(OC)c1OC. The van der Waals surface area contributed by atoms with Gasteiger partial charge in [-0.05, 0) is 34.0 Å². The van der Waals surface area contributed by atoms with Crippen LogP contribution in [0.2, 0.25) is 0 Å². The Hall–Kier alpha value is -2.89. The summed E-state index contributed by atoms with van der Waals surface area (Å²) in [6, 6.07) is 16.1. The van der Waals surface area contributed by atoms with E-state index in [0.717, 1.165) is 10.8 Å². The first kappa shape index (κ1) is 19.9. The number of methoxy groups -OCH3 is 3. The number of rotatable bonds is 6. The van der Waals surface area contributed by atoms with Crippen LogP contribution in [0.5, 0.6) is 17.2 Å². The minimum absolute atomic E-state index is 0.324. The van der Waals surface area contributed by atoms with E-state index in [9.17, 15) is 13.2 Å². The molecule has 0 unspecified atom stereocenters. The molecule has 28 heavy (non-hydrogen) atoms. The van der Waals surface area contributed by atoms with E-state index in [4.69, 9.17) is 14.2 Å². The molecule has 0 aromatic heterocycles. The minimum Gasteiger partial charge on any atom is -0.493 e. The van der Waals surface area contributed by atoms with E-state index in [1.54, 1.807) is 24.3 Å². The van der Waals surface area contributed by atoms with Crippen LogP contribution >= 0.6 is 0 Å². The van der Waals surface area contributed by atoms with Crippen LogP contribution in [-0.2, 0) is 0 Å². The van der Waals surface area contributed by atoms with Crippen LogP contribution in [0, 0.1) is 0 Å². The van der Waals surface area contributed by atoms with Gasteiger partial charge < -0.3 is 14.2 Å². The number of alkyl halides is 3. The Morgan fingerprint density at radius 2 is 1.36 bits per heavy atom. The lowest BCUT2D eigenvalue weighted by molar-refractivity contribution is -0.136. The fraction of sp³-hybridized carbons (Fsp3) is 0.273. The molecular weight excluding hydrogens is 369 g/mol. The molecule has 0 heterocycles. The maximum absolute atomic E-state index is 13.4. The van der Waals surface area contributed by atoms with Crippen LogP contribution in [0.15, 0.2) is 54.6 Å². The largest absolute Gasteiger partial charge is 0.493 e. The van der Waals surface area contributed by atoms with Crippen molar-refractivity contribution in [2.45, 2.75) is 18.5 Å². The molecule has 3 aromatic carbocycles. The molecule has 1 atom stereocenters. The van der Waals surface area contributed by atoms with E-state index in [1.165, 1.54) is 21.3 Å². The zero-order valence-electron chi connectivity index (χ0n) is 15.8. The van der Waals surface area contributed by atoms with Crippen molar-refractivity contribution < 1.29 is 27.4 Å². The van der Waals surface area contributed by atoms with Gasteiger partial charge in [0.05, 0.1) is 27.8 Å². The van der Waals surface area contributed by atoms with E-state index < -0.39 is 18.5 Å². The summed E-state index contributed by atoms with van der Waals surface area (Å²) < 4.78 is 56.2. The first-order valence-electron chi connectivity index (χ1n) is 8.71. The normalized spacial score (nSPS) is 12.6. The second kappa shape index (κ2) is 8.00. The van der Waals surface area contributed by atoms with Crippen molar-refractivity contribution in [1.82, 2.24) is 0 Å². The molecule has 3 aromatic rings. The smallest absolute Gasteiger partial charge is 0.390 e. The van der Waals surface area contributed by atoms with E-state index in [0.29, 0.717) is 28.4 Å². The Morgan fingerprint density at radius 1 is 0.750 bits per heavy atom. The Morgan fingerprint density at radius 3 is 1.89 bits per heavy atom. The summed E-state index contributed by atoms with van der Waals surface area (Å²) in [7, 11) is 4.34. The predicted molar refractivity (Wildman–Crippen MR) is 103 cm³/mol. The average Bonchev–Trinajstić information content (AvgIpc) is 2.69. The van der Waals surface area contributed by atoms with Crippen molar-refractivity contribution in [2.75, 3.05) is 21.3 Å². The quantitative estimate of drug-likeness (QED) is 0.521. The van der Waals surface area contributed by atoms with Crippen molar-refractivity contribution in [1.29, 1.82) is 0 Å². The molecule has 0 fully saturated rings. The van der Waals surface area contributed by atoms with E-state index >= 15 is 0 Å². The molecule has 0 spiro atoms. The van der Waals surface area contributed by atoms with Crippen LogP contribution in [0.4, 0.5) is 13.2 Å². The molecule has 0 saturated carbocycles. The van der Waals surface area contributed by atoms with Crippen molar-refractivity contribution in [3.8, 4) is 17.2 Å². The second-order valence-electron chi connectivity index (χ2n) is 6.44. The maximum Gasteiger partial charge on any atom is 0.390 e. The molecule has 3 nitrogen and oxygen atoms in total. The topological polar surface area (TPSA) is 27.7 Å². The van der Waals surface area contributed by atoms with E-state index in [-0.39, 0.29) is 0 Å². The summed E-state index contributed by atoms with van der Waals surface area (Å²) in [5.41, 5.74) is 1.02. The van der Waals surface area contributed by atoms with Crippen LogP contribution in [0.3, 0.4) is 0 Å². The highest BCUT2D eigenvalue weighted by molar-refractivity contribution is 5.83. The molecule has 0 N–H and O–H groups in total. The fourth-order valence-electron chi connectivity index (χ4n) is 3.39. The lowest BCUT2D eigenvalue weighted by Gasteiger charge is -2.22. The molecular formula is C22H21F3O3. The number of hydrogen-bond acceptors (Lipinski definition) is 3. The first-order valence-corrected chi connectivity index (χ1v) is 8.71. The molecule has 0 aliphatic carbocycles. The van der Waals surface area contributed by atoms with Gasteiger partial charge in [0.25, 0.3) is 0 Å². The molecule has 3 rings (SSSR count). The van der Waals surface area contributed by atoms with Crippen LogP contribution in [0.25, 0.3) is 10.8 Å². The van der Waals surface area contributed by atoms with Gasteiger partial charge in [-0.3, -0.25) is 0 Å². The molecule has 6 heteroatoms. The molecule has 0 aliphatic rings. The highest BCUT2D eigenvalue weighted by Gasteiger charge is 2.34. The summed E-state index contributed by atoms with van der Waals surface area (Å²) in [4.78, 5) is 0. The summed E-state index contributed by atoms with van der Waals surface area (Å²) in [5.74, 6) is 0.0889. The molecule has 0 aliphatic heterocycles. The zero-order chi connectivity index (χ0) is 20.3. The van der Waals surface area contributed by atoms with Crippen LogP contribution in [0.1, 0.15) is 23.5 Å². The predicted octanol–water partition coefficient (Wildman–Crippen LogP) is 5.95. The van der Waals surface area contributed by atoms with Gasteiger partial charge in [0, 0.05) is 5.92 Å². The van der Waals surface area contributed by atoms with Crippen LogP contribution in [-0.4, -0.2) is 27.5 Å². The maximum atomic E-state index is 13.4. The lowest BCUT2D eigenvalue weighted by atomic mass is 9.86. The lowest BCUT2D eigenvalue weighted by Crippen LogP contribution is -2.15. The van der Waals surface area contributed by atoms with Crippen molar-refractivity contribution in [2.24, 2.45) is 0 Å². The number of halogens is 3. The van der Waals surface area contributed by atoms with Crippen molar-refractivity contribution >= 4 is 10.8 Å². The Kier molecular flexibility index (Phi) is 5.68. The Bertz CT molecular complexity index is 942. The summed E-state index contributed by atoms with van der Waals surface area (Å²) in [6.45, 7) is 0. The van der Waals surface area contributed by atoms with Crippen LogP contribution < -0.4 is 14.2 Å². The Balaban J connectivity index is 2.17. The van der Waals surface area contributed by atoms with Gasteiger partial charge >= 0.3 is 6.18 Å². The van der Waals surface area contributed by atoms with Crippen molar-refractivity contribution in [3.63, 3.8) is 0 Å². The Labute approximate surface area is 161 Å². The molecule has 0 amide bonds. The third kappa shape index (κ3) is 4.16. The van der Waals surface area contributed by atoms with Gasteiger partial charge in [-0.1, -0.05) is 42.5 Å². The van der Waals surface area contributed by atoms with Gasteiger partial charge in [-0.15, -0.1) is 0 Å². The van der Waals surface area contributed by atoms with Gasteiger partial charge in [0.2, 0.25) is 5.75 Å². The van der Waals surface area contributed by atoms with E-state index in [2.05, 4.69) is 0 Å². The molecule has 148 valence electrons. The third-order valence-corrected chi connectivity index (χ3v) is 4.70. The third-order valence-electron chi connectivity index (χ3n) is 4.70. The molecule has 0 bridgehead atoms. The van der Waals surface area contributed by atoms with E-state index in [1.807, 2.05) is 30.3 Å². The van der Waals surface area contributed by atoms with Gasteiger partial charge in [-0.2, -0.15) is 13.2 Å². The second-order valence-corrected chi connectivity index (χ2v) is 6.44. The monoisotopic (exact) mass is 390 g/mol. The fourth-order valence-corrected chi connectivity index (χ4v) is 3.39. The summed E-state index contributed by atoms with van der Waals surface area (Å²) in [5, 5.41) is 1.86. The van der Waals surface area contributed by atoms with Gasteiger partial charge in [-0.25, -0.2) is 0 Å². The van der Waals surface area contributed by atoms with Crippen molar-refractivity contribution in [3.05, 3.63) is 65.7 Å². The minimum atomic E-state index is -4.34. The highest BCUT2D eigenvalue weighted by atomic mass is 19.4. The standard InChI is InChI=1S/C22H21F3O3/c1-26-19-11-17(12-20(27-2)21(19)28-3)18(13-22(23,24)25)16-9-8-14-6-4-5-7-15(14)10-16/h4-12,18H,13H2,1-3H3/t18-/m0/s1. The van der Waals surface area contributed by atoms with Gasteiger partial charge in [0.15, 0.2) is 11.5 Å². The highest BCUT2D eigenvalue weighted by Crippen LogP contribution is 2.44. The first-order chi connectivity index (χ1) is 13.4. The number of benzene rings is 3. The average molecular weight is 390 g/mol. The molecule has 0 saturated heterocycles. The number of fused-ring (bicyclic) bond motifs is 1.